The van der Waals surface area contributed by atoms with Crippen LogP contribution in [-0.4, -0.2) is 19.4 Å². The van der Waals surface area contributed by atoms with Crippen LogP contribution in [0.15, 0.2) is 224 Å². The van der Waals surface area contributed by atoms with E-state index in [1.807, 2.05) is 55.0 Å². The lowest BCUT2D eigenvalue weighted by Gasteiger charge is -2.19. The molecule has 0 unspecified atom stereocenters. The molecule has 0 atom stereocenters. The maximum atomic E-state index is 13.6. The van der Waals surface area contributed by atoms with Gasteiger partial charge in [0.2, 0.25) is 0 Å². The van der Waals surface area contributed by atoms with Gasteiger partial charge >= 0.3 is 0 Å². The van der Waals surface area contributed by atoms with Gasteiger partial charge in [0.05, 0.1) is 22.3 Å². The molecule has 0 amide bonds. The summed E-state index contributed by atoms with van der Waals surface area (Å²) in [6.45, 7) is 13.4. The third kappa shape index (κ3) is 8.88. The van der Waals surface area contributed by atoms with Gasteiger partial charge in [-0.3, -0.25) is 19.2 Å². The molecule has 4 heterocycles. The van der Waals surface area contributed by atoms with Crippen molar-refractivity contribution in [3.63, 3.8) is 0 Å². The second-order valence-electron chi connectivity index (χ2n) is 20.5. The first-order valence-electron chi connectivity index (χ1n) is 24.4. The van der Waals surface area contributed by atoms with E-state index in [1.54, 1.807) is 4.40 Å². The van der Waals surface area contributed by atoms with Crippen molar-refractivity contribution in [1.29, 1.82) is 0 Å². The van der Waals surface area contributed by atoms with Gasteiger partial charge in [-0.2, -0.15) is 0 Å². The monoisotopic (exact) mass is 918 g/mol. The lowest BCUT2D eigenvalue weighted by atomic mass is 9.86. The Hall–Kier alpha value is -8.54. The highest BCUT2D eigenvalue weighted by molar-refractivity contribution is 5.95. The van der Waals surface area contributed by atoms with Crippen LogP contribution in [0, 0.1) is 0 Å². The SMILES string of the molecule is CC(C)(C)c1ccnc(-c2ccc(-c3ccccc3-c3cc(-c4ccccc4-c4ccc(-c5cc(C(C)(C)C)ccn5)cc4)cc(-c4ccccc4-c4ccn5c(=O)c6ccccc6nc5c4)c3)cc2)c1. The van der Waals surface area contributed by atoms with Crippen LogP contribution in [0.3, 0.4) is 0 Å². The molecular weight excluding hydrogens is 865 g/mol. The second-order valence-corrected chi connectivity index (χ2v) is 20.5. The van der Waals surface area contributed by atoms with E-state index in [0.717, 1.165) is 89.3 Å². The van der Waals surface area contributed by atoms with Crippen LogP contribution < -0.4 is 5.56 Å². The Balaban J connectivity index is 1.06. The first-order valence-corrected chi connectivity index (χ1v) is 24.4. The van der Waals surface area contributed by atoms with Crippen molar-refractivity contribution in [1.82, 2.24) is 19.4 Å². The molecule has 0 radical (unpaired) electrons. The molecule has 5 nitrogen and oxygen atoms in total. The lowest BCUT2D eigenvalue weighted by molar-refractivity contribution is 0.589. The van der Waals surface area contributed by atoms with Gasteiger partial charge in [0, 0.05) is 29.7 Å². The molecule has 11 aromatic rings. The van der Waals surface area contributed by atoms with Gasteiger partial charge in [0.15, 0.2) is 0 Å². The summed E-state index contributed by atoms with van der Waals surface area (Å²) < 4.78 is 1.64. The van der Waals surface area contributed by atoms with Gasteiger partial charge < -0.3 is 0 Å². The zero-order valence-electron chi connectivity index (χ0n) is 41.0. The maximum absolute atomic E-state index is 13.6. The molecule has 0 saturated carbocycles. The molecule has 0 spiro atoms. The number of hydrogen-bond donors (Lipinski definition) is 0. The summed E-state index contributed by atoms with van der Waals surface area (Å²) in [7, 11) is 0. The third-order valence-electron chi connectivity index (χ3n) is 13.7. The van der Waals surface area contributed by atoms with E-state index in [0.29, 0.717) is 16.6 Å². The molecule has 4 aromatic heterocycles. The Bertz CT molecular complexity index is 3690. The summed E-state index contributed by atoms with van der Waals surface area (Å²) in [4.78, 5) is 28.1. The molecule has 0 aliphatic heterocycles. The van der Waals surface area contributed by atoms with E-state index in [1.165, 1.54) is 11.1 Å². The maximum Gasteiger partial charge on any atom is 0.265 e. The summed E-state index contributed by atoms with van der Waals surface area (Å²) in [6.07, 6.45) is 5.68. The van der Waals surface area contributed by atoms with Crippen molar-refractivity contribution >= 4 is 16.6 Å². The minimum atomic E-state index is -0.0813. The van der Waals surface area contributed by atoms with Crippen LogP contribution in [0.2, 0.25) is 0 Å². The molecule has 0 bridgehead atoms. The molecule has 0 fully saturated rings. The fourth-order valence-corrected chi connectivity index (χ4v) is 9.72. The van der Waals surface area contributed by atoms with Crippen molar-refractivity contribution in [2.45, 2.75) is 52.4 Å². The first kappa shape index (κ1) is 44.9. The number of pyridine rings is 3. The molecule has 344 valence electrons. The Morgan fingerprint density at radius 2 is 0.746 bits per heavy atom. The molecule has 7 aromatic carbocycles. The van der Waals surface area contributed by atoms with Crippen LogP contribution in [0.5, 0.6) is 0 Å². The standard InChI is InChI=1S/C66H54N4O/c1-65(2,3)51-31-34-67-61(41-51)45-27-23-43(24-28-45)53-15-7-10-18-56(53)48-37-49(57-19-11-8-16-54(57)44-25-29-46(30-26-44)62-42-52(32-35-68-62)66(4,5)6)39-50(38-48)58-20-12-9-17-55(58)47-33-36-70-63(40-47)69-60-22-14-13-21-59(60)64(70)71/h7-42H,1-6H3. The molecule has 11 rings (SSSR count). The fourth-order valence-electron chi connectivity index (χ4n) is 9.72. The molecule has 0 N–H and O–H groups in total. The topological polar surface area (TPSA) is 60.2 Å². The zero-order chi connectivity index (χ0) is 48.9. The smallest absolute Gasteiger partial charge is 0.265 e. The molecule has 71 heavy (non-hydrogen) atoms. The molecule has 0 aliphatic rings. The highest BCUT2D eigenvalue weighted by Gasteiger charge is 2.19. The highest BCUT2D eigenvalue weighted by atomic mass is 16.1. The van der Waals surface area contributed by atoms with Crippen LogP contribution in [-0.2, 0) is 10.8 Å². The van der Waals surface area contributed by atoms with E-state index in [9.17, 15) is 4.79 Å². The van der Waals surface area contributed by atoms with Crippen LogP contribution >= 0.6 is 0 Å². The normalized spacial score (nSPS) is 11.9. The molecular formula is C66H54N4O. The Labute approximate surface area is 415 Å². The quantitative estimate of drug-likeness (QED) is 0.143. The van der Waals surface area contributed by atoms with Gasteiger partial charge in [-0.1, -0.05) is 175 Å². The van der Waals surface area contributed by atoms with E-state index < -0.39 is 0 Å². The summed E-state index contributed by atoms with van der Waals surface area (Å²) in [5.74, 6) is 0. The van der Waals surface area contributed by atoms with Crippen molar-refractivity contribution in [3.05, 3.63) is 240 Å². The number of hydrogen-bond acceptors (Lipinski definition) is 4. The van der Waals surface area contributed by atoms with Gasteiger partial charge in [0.1, 0.15) is 5.65 Å². The largest absolute Gasteiger partial charge is 0.268 e. The number of nitrogens with zero attached hydrogens (tertiary/aromatic N) is 4. The summed E-state index contributed by atoms with van der Waals surface area (Å²) in [6, 6.07) is 70.8. The predicted molar refractivity (Wildman–Crippen MR) is 295 cm³/mol. The van der Waals surface area contributed by atoms with Gasteiger partial charge in [0.25, 0.3) is 5.56 Å². The first-order chi connectivity index (χ1) is 34.4. The number of fused-ring (bicyclic) bond motifs is 2. The average molecular weight is 919 g/mol. The zero-order valence-corrected chi connectivity index (χ0v) is 41.0. The minimum absolute atomic E-state index is 0.0231. The summed E-state index contributed by atoms with van der Waals surface area (Å²) in [5.41, 5.74) is 21.0. The van der Waals surface area contributed by atoms with Crippen LogP contribution in [0.25, 0.3) is 106 Å². The van der Waals surface area contributed by atoms with Crippen molar-refractivity contribution in [2.75, 3.05) is 0 Å². The van der Waals surface area contributed by atoms with Crippen molar-refractivity contribution < 1.29 is 0 Å². The summed E-state index contributed by atoms with van der Waals surface area (Å²) >= 11 is 0. The van der Waals surface area contributed by atoms with Gasteiger partial charge in [-0.15, -0.1) is 0 Å². The number of benzene rings is 7. The van der Waals surface area contributed by atoms with Gasteiger partial charge in [-0.05, 0) is 155 Å². The van der Waals surface area contributed by atoms with Crippen LogP contribution in [0.4, 0.5) is 0 Å². The number of rotatable bonds is 8. The Morgan fingerprint density at radius 3 is 1.18 bits per heavy atom. The van der Waals surface area contributed by atoms with Crippen LogP contribution in [0.1, 0.15) is 52.7 Å². The third-order valence-corrected chi connectivity index (χ3v) is 13.7. The molecule has 0 aliphatic carbocycles. The van der Waals surface area contributed by atoms with E-state index in [-0.39, 0.29) is 16.4 Å². The molecule has 5 heteroatoms. The van der Waals surface area contributed by atoms with Crippen molar-refractivity contribution in [3.8, 4) is 89.3 Å². The molecule has 0 saturated heterocycles. The Kier molecular flexibility index (Phi) is 11.4. The number of aromatic nitrogens is 4. The van der Waals surface area contributed by atoms with E-state index in [4.69, 9.17) is 15.0 Å². The lowest BCUT2D eigenvalue weighted by Crippen LogP contribution is -2.14. The van der Waals surface area contributed by atoms with Crippen molar-refractivity contribution in [2.24, 2.45) is 0 Å². The Morgan fingerprint density at radius 1 is 0.366 bits per heavy atom. The highest BCUT2D eigenvalue weighted by Crippen LogP contribution is 2.43. The van der Waals surface area contributed by atoms with Gasteiger partial charge in [-0.25, -0.2) is 4.98 Å². The van der Waals surface area contributed by atoms with E-state index in [2.05, 4.69) is 205 Å². The second kappa shape index (κ2) is 18.1. The fraction of sp³-hybridized carbons (Fsp3) is 0.121. The average Bonchev–Trinajstić information content (AvgIpc) is 3.40. The number of para-hydroxylation sites is 1. The van der Waals surface area contributed by atoms with E-state index >= 15 is 0 Å². The summed E-state index contributed by atoms with van der Waals surface area (Å²) in [5, 5.41) is 0.598. The predicted octanol–water partition coefficient (Wildman–Crippen LogP) is 16.6. The minimum Gasteiger partial charge on any atom is -0.268 e.